The lowest BCUT2D eigenvalue weighted by molar-refractivity contribution is -0.0500. The Bertz CT molecular complexity index is 1240. The molecule has 3 aromatic rings. The fraction of sp³-hybridized carbons (Fsp3) is 0.400. The van der Waals surface area contributed by atoms with Gasteiger partial charge in [0.15, 0.2) is 0 Å². The van der Waals surface area contributed by atoms with Crippen molar-refractivity contribution in [3.8, 4) is 17.2 Å². The third-order valence-electron chi connectivity index (χ3n) is 4.61. The molecule has 1 aromatic carbocycles. The molecular formula is C20H23F5N6O4S. The van der Waals surface area contributed by atoms with Crippen molar-refractivity contribution in [3.05, 3.63) is 47.9 Å². The summed E-state index contributed by atoms with van der Waals surface area (Å²) in [5, 5.41) is 9.47. The van der Waals surface area contributed by atoms with Crippen LogP contribution in [-0.4, -0.2) is 58.8 Å². The summed E-state index contributed by atoms with van der Waals surface area (Å²) in [6.45, 7) is -1.77. The molecule has 2 heterocycles. The largest absolute Gasteiger partial charge is 0.435 e. The highest BCUT2D eigenvalue weighted by Crippen LogP contribution is 2.27. The highest BCUT2D eigenvalue weighted by molar-refractivity contribution is 7.88. The quantitative estimate of drug-likeness (QED) is 0.357. The number of sulfonamides is 1. The van der Waals surface area contributed by atoms with Crippen LogP contribution in [0, 0.1) is 5.82 Å². The molecule has 1 atom stereocenters. The lowest BCUT2D eigenvalue weighted by atomic mass is 10.1. The van der Waals surface area contributed by atoms with E-state index in [2.05, 4.69) is 30.2 Å². The SMILES string of the molecule is C.CCN(CC(Nc1ncc(-c2nnc(C(F)F)o2)cn1)c1ccc(OC(F)F)cc1F)S(C)(=O)=O. The first-order valence-electron chi connectivity index (χ1n) is 9.87. The van der Waals surface area contributed by atoms with E-state index in [0.29, 0.717) is 0 Å². The number of alkyl halides is 4. The molecule has 0 radical (unpaired) electrons. The zero-order valence-corrected chi connectivity index (χ0v) is 19.0. The molecule has 0 fully saturated rings. The van der Waals surface area contributed by atoms with E-state index in [0.717, 1.165) is 22.7 Å². The van der Waals surface area contributed by atoms with Gasteiger partial charge in [-0.05, 0) is 6.07 Å². The van der Waals surface area contributed by atoms with Crippen LogP contribution >= 0.6 is 0 Å². The van der Waals surface area contributed by atoms with Crippen molar-refractivity contribution >= 4 is 16.0 Å². The highest BCUT2D eigenvalue weighted by Gasteiger charge is 2.25. The number of aromatic nitrogens is 4. The van der Waals surface area contributed by atoms with Crippen LogP contribution < -0.4 is 10.1 Å². The van der Waals surface area contributed by atoms with E-state index in [1.165, 1.54) is 18.5 Å². The summed E-state index contributed by atoms with van der Waals surface area (Å²) in [4.78, 5) is 8.01. The van der Waals surface area contributed by atoms with Gasteiger partial charge in [-0.3, -0.25) is 0 Å². The summed E-state index contributed by atoms with van der Waals surface area (Å²) >= 11 is 0. The van der Waals surface area contributed by atoms with Gasteiger partial charge in [0.1, 0.15) is 11.6 Å². The number of hydrogen-bond acceptors (Lipinski definition) is 9. The van der Waals surface area contributed by atoms with Gasteiger partial charge in [-0.15, -0.1) is 10.2 Å². The predicted octanol–water partition coefficient (Wildman–Crippen LogP) is 4.28. The zero-order chi connectivity index (χ0) is 25.8. The smallest absolute Gasteiger partial charge is 0.387 e. The van der Waals surface area contributed by atoms with E-state index in [1.54, 1.807) is 6.92 Å². The number of hydrogen-bond donors (Lipinski definition) is 1. The van der Waals surface area contributed by atoms with Crippen molar-refractivity contribution in [2.75, 3.05) is 24.7 Å². The summed E-state index contributed by atoms with van der Waals surface area (Å²) in [6, 6.07) is 1.97. The van der Waals surface area contributed by atoms with E-state index >= 15 is 0 Å². The number of anilines is 1. The number of likely N-dealkylation sites (N-methyl/N-ethyl adjacent to an activating group) is 1. The van der Waals surface area contributed by atoms with Crippen LogP contribution in [0.5, 0.6) is 5.75 Å². The first-order valence-corrected chi connectivity index (χ1v) is 11.7. The molecule has 10 nitrogen and oxygen atoms in total. The van der Waals surface area contributed by atoms with Crippen LogP contribution in [0.15, 0.2) is 35.0 Å². The molecule has 0 aliphatic rings. The number of benzene rings is 1. The second-order valence-electron chi connectivity index (χ2n) is 7.01. The van der Waals surface area contributed by atoms with Gasteiger partial charge in [-0.1, -0.05) is 20.4 Å². The summed E-state index contributed by atoms with van der Waals surface area (Å²) in [5.74, 6) is -2.56. The molecule has 16 heteroatoms. The lowest BCUT2D eigenvalue weighted by Crippen LogP contribution is -2.36. The first kappa shape index (κ1) is 28.8. The van der Waals surface area contributed by atoms with E-state index in [9.17, 15) is 30.4 Å². The van der Waals surface area contributed by atoms with Gasteiger partial charge in [0.2, 0.25) is 16.0 Å². The fourth-order valence-electron chi connectivity index (χ4n) is 3.00. The maximum Gasteiger partial charge on any atom is 0.387 e. The first-order chi connectivity index (χ1) is 16.5. The topological polar surface area (TPSA) is 123 Å². The van der Waals surface area contributed by atoms with E-state index < -0.39 is 46.6 Å². The van der Waals surface area contributed by atoms with Crippen LogP contribution in [0.25, 0.3) is 11.5 Å². The number of halogens is 5. The molecule has 0 bridgehead atoms. The van der Waals surface area contributed by atoms with Gasteiger partial charge in [-0.25, -0.2) is 27.1 Å². The highest BCUT2D eigenvalue weighted by atomic mass is 32.2. The Morgan fingerprint density at radius 1 is 1.14 bits per heavy atom. The fourth-order valence-corrected chi connectivity index (χ4v) is 3.89. The average Bonchev–Trinajstić information content (AvgIpc) is 3.27. The van der Waals surface area contributed by atoms with Crippen molar-refractivity contribution in [1.82, 2.24) is 24.5 Å². The molecule has 0 aliphatic heterocycles. The maximum atomic E-state index is 14.8. The molecule has 2 aromatic heterocycles. The molecule has 0 spiro atoms. The third kappa shape index (κ3) is 7.30. The molecule has 0 amide bonds. The molecule has 0 saturated heterocycles. The molecule has 3 rings (SSSR count). The number of nitrogens with zero attached hydrogens (tertiary/aromatic N) is 5. The van der Waals surface area contributed by atoms with Crippen LogP contribution in [-0.2, 0) is 10.0 Å². The van der Waals surface area contributed by atoms with Crippen LogP contribution in [0.3, 0.4) is 0 Å². The summed E-state index contributed by atoms with van der Waals surface area (Å²) < 4.78 is 99.2. The molecule has 198 valence electrons. The van der Waals surface area contributed by atoms with Crippen molar-refractivity contribution < 1.29 is 39.5 Å². The second kappa shape index (κ2) is 12.0. The molecular weight excluding hydrogens is 515 g/mol. The van der Waals surface area contributed by atoms with Crippen LogP contribution in [0.4, 0.5) is 27.9 Å². The normalized spacial score (nSPS) is 12.6. The molecule has 1 unspecified atom stereocenters. The van der Waals surface area contributed by atoms with Crippen molar-refractivity contribution in [2.24, 2.45) is 0 Å². The Morgan fingerprint density at radius 3 is 2.31 bits per heavy atom. The lowest BCUT2D eigenvalue weighted by Gasteiger charge is -2.26. The third-order valence-corrected chi connectivity index (χ3v) is 5.96. The Labute approximate surface area is 203 Å². The monoisotopic (exact) mass is 538 g/mol. The number of nitrogens with one attached hydrogen (secondary N) is 1. The van der Waals surface area contributed by atoms with Crippen molar-refractivity contribution in [1.29, 1.82) is 0 Å². The van der Waals surface area contributed by atoms with Crippen LogP contribution in [0.2, 0.25) is 0 Å². The van der Waals surface area contributed by atoms with E-state index in [-0.39, 0.29) is 43.5 Å². The summed E-state index contributed by atoms with van der Waals surface area (Å²) in [5.41, 5.74) is 0.0531. The minimum absolute atomic E-state index is 0. The van der Waals surface area contributed by atoms with Gasteiger partial charge >= 0.3 is 13.0 Å². The van der Waals surface area contributed by atoms with Gasteiger partial charge in [0.25, 0.3) is 11.8 Å². The van der Waals surface area contributed by atoms with E-state index in [1.807, 2.05) is 0 Å². The van der Waals surface area contributed by atoms with Crippen LogP contribution in [0.1, 0.15) is 38.3 Å². The Kier molecular flexibility index (Phi) is 9.63. The van der Waals surface area contributed by atoms with Crippen molar-refractivity contribution in [2.45, 2.75) is 33.4 Å². The summed E-state index contributed by atoms with van der Waals surface area (Å²) in [7, 11) is -3.68. The van der Waals surface area contributed by atoms with Gasteiger partial charge < -0.3 is 14.5 Å². The zero-order valence-electron chi connectivity index (χ0n) is 18.2. The Balaban J connectivity index is 0.00000456. The second-order valence-corrected chi connectivity index (χ2v) is 9.00. The molecule has 0 aliphatic carbocycles. The standard InChI is InChI=1S/C19H19F5N6O4S.CH4/c1-3-30(35(2,31)32)9-14(12-5-4-11(6-13(12)20)33-18(23)24)27-19-25-7-10(8-26-19)16-28-29-17(34-16)15(21)22;/h4-8,14-15,18H,3,9H2,1-2H3,(H,25,26,27);1H4. The van der Waals surface area contributed by atoms with E-state index in [4.69, 9.17) is 4.42 Å². The van der Waals surface area contributed by atoms with Gasteiger partial charge in [-0.2, -0.15) is 17.6 Å². The average molecular weight is 538 g/mol. The molecule has 1 N–H and O–H groups in total. The maximum absolute atomic E-state index is 14.8. The number of rotatable bonds is 11. The van der Waals surface area contributed by atoms with Gasteiger partial charge in [0, 0.05) is 37.1 Å². The minimum Gasteiger partial charge on any atom is -0.435 e. The van der Waals surface area contributed by atoms with Crippen molar-refractivity contribution in [3.63, 3.8) is 0 Å². The Morgan fingerprint density at radius 2 is 1.81 bits per heavy atom. The molecule has 0 saturated carbocycles. The molecule has 36 heavy (non-hydrogen) atoms. The Hall–Kier alpha value is -3.40. The number of ether oxygens (including phenoxy) is 1. The summed E-state index contributed by atoms with van der Waals surface area (Å²) in [6.07, 6.45) is 0.383. The minimum atomic E-state index is -3.68. The predicted molar refractivity (Wildman–Crippen MR) is 118 cm³/mol. The van der Waals surface area contributed by atoms with Gasteiger partial charge in [0.05, 0.1) is 17.9 Å².